The lowest BCUT2D eigenvalue weighted by Gasteiger charge is -2.09. The number of hydrogen-bond donors (Lipinski definition) is 1. The molecule has 0 saturated carbocycles. The Bertz CT molecular complexity index is 483. The molecule has 4 heteroatoms. The van der Waals surface area contributed by atoms with Crippen molar-refractivity contribution in [3.8, 4) is 23.8 Å². The van der Waals surface area contributed by atoms with Gasteiger partial charge in [-0.1, -0.05) is 0 Å². The van der Waals surface area contributed by atoms with E-state index in [9.17, 15) is 4.79 Å². The molecule has 0 radical (unpaired) electrons. The molecule has 18 heavy (non-hydrogen) atoms. The molecule has 4 nitrogen and oxygen atoms in total. The maximum absolute atomic E-state index is 10.5. The number of rotatable bonds is 6. The van der Waals surface area contributed by atoms with E-state index in [2.05, 4.69) is 5.92 Å². The average Bonchev–Trinajstić information content (AvgIpc) is 2.37. The summed E-state index contributed by atoms with van der Waals surface area (Å²) in [5, 5.41) is 8.60. The van der Waals surface area contributed by atoms with Gasteiger partial charge in [0.05, 0.1) is 13.7 Å². The summed E-state index contributed by atoms with van der Waals surface area (Å²) in [5.41, 5.74) is 0.662. The fourth-order valence-electron chi connectivity index (χ4n) is 1.29. The highest BCUT2D eigenvalue weighted by atomic mass is 16.5. The van der Waals surface area contributed by atoms with Gasteiger partial charge in [0.15, 0.2) is 0 Å². The molecule has 1 N–H and O–H groups in total. The minimum atomic E-state index is -1.01. The van der Waals surface area contributed by atoms with Gasteiger partial charge in [-0.15, -0.1) is 12.3 Å². The number of terminal acetylenes is 1. The monoisotopic (exact) mass is 246 g/mol. The summed E-state index contributed by atoms with van der Waals surface area (Å²) in [6.07, 6.45) is 8.14. The van der Waals surface area contributed by atoms with Crippen molar-refractivity contribution in [2.45, 2.75) is 6.42 Å². The first-order valence-corrected chi connectivity index (χ1v) is 5.32. The summed E-state index contributed by atoms with van der Waals surface area (Å²) in [4.78, 5) is 10.5. The van der Waals surface area contributed by atoms with E-state index in [-0.39, 0.29) is 0 Å². The Morgan fingerprint density at radius 1 is 1.56 bits per heavy atom. The molecule has 0 unspecified atom stereocenters. The normalized spacial score (nSPS) is 10.0. The molecule has 1 rings (SSSR count). The van der Waals surface area contributed by atoms with E-state index >= 15 is 0 Å². The van der Waals surface area contributed by atoms with E-state index in [1.165, 1.54) is 6.08 Å². The van der Waals surface area contributed by atoms with Crippen LogP contribution < -0.4 is 9.47 Å². The molecule has 0 aliphatic rings. The van der Waals surface area contributed by atoms with Crippen molar-refractivity contribution in [1.29, 1.82) is 0 Å². The van der Waals surface area contributed by atoms with Crippen LogP contribution in [0.15, 0.2) is 24.3 Å². The fourth-order valence-corrected chi connectivity index (χ4v) is 1.29. The Kier molecular flexibility index (Phi) is 5.33. The molecule has 0 fully saturated rings. The Hall–Kier alpha value is -2.41. The van der Waals surface area contributed by atoms with Crippen molar-refractivity contribution in [3.05, 3.63) is 29.8 Å². The zero-order chi connectivity index (χ0) is 13.4. The maximum Gasteiger partial charge on any atom is 0.328 e. The van der Waals surface area contributed by atoms with Gasteiger partial charge in [-0.05, 0) is 18.2 Å². The molecular weight excluding hydrogens is 232 g/mol. The molecule has 0 aromatic heterocycles. The van der Waals surface area contributed by atoms with E-state index in [1.54, 1.807) is 25.3 Å². The van der Waals surface area contributed by atoms with E-state index in [1.807, 2.05) is 0 Å². The van der Waals surface area contributed by atoms with Crippen LogP contribution in [-0.2, 0) is 4.79 Å². The standard InChI is InChI=1S/C14H14O4/c1-3-4-9-18-13-10-12(17-2)7-5-11(13)6-8-14(15)16/h1,5-8,10H,4,9H2,2H3,(H,15,16). The van der Waals surface area contributed by atoms with E-state index in [0.717, 1.165) is 6.08 Å². The highest BCUT2D eigenvalue weighted by molar-refractivity contribution is 5.86. The van der Waals surface area contributed by atoms with Crippen molar-refractivity contribution in [2.75, 3.05) is 13.7 Å². The van der Waals surface area contributed by atoms with Crippen LogP contribution >= 0.6 is 0 Å². The number of benzene rings is 1. The molecule has 0 bridgehead atoms. The molecular formula is C14H14O4. The van der Waals surface area contributed by atoms with Crippen LogP contribution in [0.5, 0.6) is 11.5 Å². The number of carboxylic acids is 1. The van der Waals surface area contributed by atoms with Gasteiger partial charge < -0.3 is 14.6 Å². The van der Waals surface area contributed by atoms with Crippen LogP contribution in [-0.4, -0.2) is 24.8 Å². The van der Waals surface area contributed by atoms with Crippen LogP contribution in [0.2, 0.25) is 0 Å². The molecule has 1 aromatic carbocycles. The summed E-state index contributed by atoms with van der Waals surface area (Å²) in [5.74, 6) is 2.64. The lowest BCUT2D eigenvalue weighted by Crippen LogP contribution is -1.98. The number of ether oxygens (including phenoxy) is 2. The Balaban J connectivity index is 2.93. The van der Waals surface area contributed by atoms with Crippen molar-refractivity contribution >= 4 is 12.0 Å². The largest absolute Gasteiger partial charge is 0.497 e. The van der Waals surface area contributed by atoms with Gasteiger partial charge in [-0.3, -0.25) is 0 Å². The predicted molar refractivity (Wildman–Crippen MR) is 68.6 cm³/mol. The Labute approximate surface area is 106 Å². The minimum absolute atomic E-state index is 0.373. The molecule has 0 saturated heterocycles. The van der Waals surface area contributed by atoms with Crippen LogP contribution in [0, 0.1) is 12.3 Å². The SMILES string of the molecule is C#CCCOc1cc(OC)ccc1C=CC(=O)O. The van der Waals surface area contributed by atoms with Gasteiger partial charge in [-0.2, -0.15) is 0 Å². The second-order valence-corrected chi connectivity index (χ2v) is 3.38. The number of hydrogen-bond acceptors (Lipinski definition) is 3. The number of carboxylic acid groups (broad SMARTS) is 1. The quantitative estimate of drug-likeness (QED) is 0.475. The lowest BCUT2D eigenvalue weighted by atomic mass is 10.1. The van der Waals surface area contributed by atoms with Crippen molar-refractivity contribution in [1.82, 2.24) is 0 Å². The summed E-state index contributed by atoms with van der Waals surface area (Å²) in [6, 6.07) is 5.15. The molecule has 0 heterocycles. The van der Waals surface area contributed by atoms with Gasteiger partial charge >= 0.3 is 5.97 Å². The summed E-state index contributed by atoms with van der Waals surface area (Å²) < 4.78 is 10.6. The smallest absolute Gasteiger partial charge is 0.328 e. The molecule has 0 spiro atoms. The van der Waals surface area contributed by atoms with Crippen LogP contribution in [0.1, 0.15) is 12.0 Å². The predicted octanol–water partition coefficient (Wildman–Crippen LogP) is 2.20. The fraction of sp³-hybridized carbons (Fsp3) is 0.214. The lowest BCUT2D eigenvalue weighted by molar-refractivity contribution is -0.131. The molecule has 0 aliphatic carbocycles. The Morgan fingerprint density at radius 3 is 2.94 bits per heavy atom. The number of methoxy groups -OCH3 is 1. The molecule has 0 aliphatic heterocycles. The molecule has 0 atom stereocenters. The Morgan fingerprint density at radius 2 is 2.33 bits per heavy atom. The highest BCUT2D eigenvalue weighted by Gasteiger charge is 2.04. The van der Waals surface area contributed by atoms with Crippen molar-refractivity contribution < 1.29 is 19.4 Å². The summed E-state index contributed by atoms with van der Waals surface area (Å²) in [6.45, 7) is 0.373. The average molecular weight is 246 g/mol. The summed E-state index contributed by atoms with van der Waals surface area (Å²) >= 11 is 0. The first-order chi connectivity index (χ1) is 8.67. The first kappa shape index (κ1) is 13.7. The maximum atomic E-state index is 10.5. The number of aliphatic carboxylic acids is 1. The number of carbonyl (C=O) groups is 1. The van der Waals surface area contributed by atoms with Gasteiger partial charge in [0.25, 0.3) is 0 Å². The van der Waals surface area contributed by atoms with Gasteiger partial charge in [0, 0.05) is 24.1 Å². The molecule has 94 valence electrons. The minimum Gasteiger partial charge on any atom is -0.497 e. The van der Waals surface area contributed by atoms with Crippen LogP contribution in [0.3, 0.4) is 0 Å². The van der Waals surface area contributed by atoms with E-state index < -0.39 is 5.97 Å². The molecule has 0 amide bonds. The molecule has 1 aromatic rings. The highest BCUT2D eigenvalue weighted by Crippen LogP contribution is 2.26. The van der Waals surface area contributed by atoms with E-state index in [0.29, 0.717) is 30.1 Å². The second-order valence-electron chi connectivity index (χ2n) is 3.38. The zero-order valence-electron chi connectivity index (χ0n) is 10.1. The van der Waals surface area contributed by atoms with Crippen LogP contribution in [0.25, 0.3) is 6.08 Å². The zero-order valence-corrected chi connectivity index (χ0v) is 10.1. The van der Waals surface area contributed by atoms with Gasteiger partial charge in [0.1, 0.15) is 11.5 Å². The van der Waals surface area contributed by atoms with Crippen molar-refractivity contribution in [2.24, 2.45) is 0 Å². The van der Waals surface area contributed by atoms with E-state index in [4.69, 9.17) is 21.0 Å². The van der Waals surface area contributed by atoms with Gasteiger partial charge in [0.2, 0.25) is 0 Å². The third kappa shape index (κ3) is 4.22. The summed E-state index contributed by atoms with van der Waals surface area (Å²) in [7, 11) is 1.55. The second kappa shape index (κ2) is 7.02. The topological polar surface area (TPSA) is 55.8 Å². The third-order valence-electron chi connectivity index (χ3n) is 2.13. The van der Waals surface area contributed by atoms with Crippen molar-refractivity contribution in [3.63, 3.8) is 0 Å². The third-order valence-corrected chi connectivity index (χ3v) is 2.13. The first-order valence-electron chi connectivity index (χ1n) is 5.32. The van der Waals surface area contributed by atoms with Gasteiger partial charge in [-0.25, -0.2) is 4.79 Å². The van der Waals surface area contributed by atoms with Crippen LogP contribution in [0.4, 0.5) is 0 Å².